The van der Waals surface area contributed by atoms with Gasteiger partial charge in [0, 0.05) is 26.3 Å². The van der Waals surface area contributed by atoms with E-state index in [4.69, 9.17) is 33.4 Å². The zero-order chi connectivity index (χ0) is 58.6. The zero-order valence-corrected chi connectivity index (χ0v) is 45.0. The van der Waals surface area contributed by atoms with Gasteiger partial charge in [0.2, 0.25) is 53.2 Å². The highest BCUT2D eigenvalue weighted by molar-refractivity contribution is 5.99. The molecule has 0 bridgehead atoms. The maximum Gasteiger partial charge on any atom is 0.303 e. The van der Waals surface area contributed by atoms with Gasteiger partial charge in [-0.25, -0.2) is 0 Å². The van der Waals surface area contributed by atoms with Crippen LogP contribution in [0.1, 0.15) is 85.1 Å². The molecule has 29 nitrogen and oxygen atoms in total. The van der Waals surface area contributed by atoms with E-state index in [1.54, 1.807) is 44.2 Å². The van der Waals surface area contributed by atoms with Crippen molar-refractivity contribution >= 4 is 65.0 Å². The van der Waals surface area contributed by atoms with E-state index in [9.17, 15) is 63.0 Å². The number of hydrogen-bond acceptors (Lipinski definition) is 19. The number of benzene rings is 1. The average molecular weight is 1110 g/mol. The van der Waals surface area contributed by atoms with Crippen LogP contribution in [0.5, 0.6) is 0 Å². The van der Waals surface area contributed by atoms with E-state index < -0.39 is 151 Å². The molecule has 0 radical (unpaired) electrons. The lowest BCUT2D eigenvalue weighted by atomic mass is 10.00. The summed E-state index contributed by atoms with van der Waals surface area (Å²) < 4.78 is 5.01. The van der Waals surface area contributed by atoms with Crippen LogP contribution < -0.4 is 81.8 Å². The Hall–Kier alpha value is -6.89. The summed E-state index contributed by atoms with van der Waals surface area (Å²) >= 11 is 0. The lowest BCUT2D eigenvalue weighted by molar-refractivity contribution is -0.155. The first-order chi connectivity index (χ1) is 36.9. The molecule has 10 amide bonds. The Morgan fingerprint density at radius 3 is 1.58 bits per heavy atom. The smallest absolute Gasteiger partial charge is 0.303 e. The minimum Gasteiger partial charge on any atom is -0.452 e. The monoisotopic (exact) mass is 1110 g/mol. The van der Waals surface area contributed by atoms with E-state index in [0.29, 0.717) is 5.56 Å². The van der Waals surface area contributed by atoms with Crippen LogP contribution in [0.3, 0.4) is 0 Å². The lowest BCUT2D eigenvalue weighted by Crippen LogP contribution is -2.61. The first kappa shape index (κ1) is 67.2. The van der Waals surface area contributed by atoms with E-state index in [0.717, 1.165) is 13.8 Å². The number of carbonyl (C=O) groups excluding carboxylic acids is 11. The molecule has 0 aromatic heterocycles. The number of ether oxygens (including phenoxy) is 1. The Bertz CT molecular complexity index is 2170. The number of carbonyl (C=O) groups is 11. The number of aliphatic hydroxyl groups excluding tert-OH is 2. The minimum atomic E-state index is -1.73. The maximum absolute atomic E-state index is 14.4. The van der Waals surface area contributed by atoms with Gasteiger partial charge in [-0.2, -0.15) is 0 Å². The highest BCUT2D eigenvalue weighted by Gasteiger charge is 2.37. The van der Waals surface area contributed by atoms with Crippen molar-refractivity contribution in [2.75, 3.05) is 39.3 Å². The van der Waals surface area contributed by atoms with E-state index in [1.165, 1.54) is 6.92 Å². The molecule has 438 valence electrons. The SMILES string of the molecule is CC(=O)O[C@@H](CCN)C(=O)N[C@H](C(=O)N[C@@H](CCN)C(=O)N[C@H]1CCNC(=O)[C@H](C(C)O)NC(=O)[C@H](CCN)NC(=O)[C@H](CCN)NC(=O)[C@H](CC(C)C)NC(=O)[C@@H](Cc2ccccc2)NC(=O)[C@H](CCN)NC1=O)C(C)O. The molecule has 1 aromatic carbocycles. The second-order valence-corrected chi connectivity index (χ2v) is 19.3. The van der Waals surface area contributed by atoms with Crippen LogP contribution in [0, 0.1) is 5.92 Å². The first-order valence-electron chi connectivity index (χ1n) is 26.0. The number of nitrogens with one attached hydrogen (secondary N) is 10. The molecular weight excluding hydrogens is 1020 g/mol. The minimum absolute atomic E-state index is 0.0430. The van der Waals surface area contributed by atoms with Gasteiger partial charge < -0.3 is 96.8 Å². The Balaban J connectivity index is 2.74. The molecular formula is C49H83N15O14. The number of amides is 10. The number of aliphatic hydroxyl groups is 2. The van der Waals surface area contributed by atoms with Crippen LogP contribution in [0.15, 0.2) is 30.3 Å². The fraction of sp³-hybridized carbons (Fsp3) is 0.653. The second-order valence-electron chi connectivity index (χ2n) is 19.3. The molecule has 2 rings (SSSR count). The zero-order valence-electron chi connectivity index (χ0n) is 45.0. The summed E-state index contributed by atoms with van der Waals surface area (Å²) in [7, 11) is 0. The van der Waals surface area contributed by atoms with Gasteiger partial charge in [-0.15, -0.1) is 0 Å². The van der Waals surface area contributed by atoms with Crippen LogP contribution in [-0.2, 0) is 63.9 Å². The first-order valence-corrected chi connectivity index (χ1v) is 26.0. The van der Waals surface area contributed by atoms with Gasteiger partial charge in [-0.05, 0) is 96.6 Å². The highest BCUT2D eigenvalue weighted by Crippen LogP contribution is 2.11. The van der Waals surface area contributed by atoms with Crippen LogP contribution in [0.25, 0.3) is 0 Å². The van der Waals surface area contributed by atoms with E-state index in [-0.39, 0.29) is 83.6 Å². The van der Waals surface area contributed by atoms with Crippen LogP contribution >= 0.6 is 0 Å². The van der Waals surface area contributed by atoms with Crippen molar-refractivity contribution in [3.05, 3.63) is 35.9 Å². The third-order valence-electron chi connectivity index (χ3n) is 12.1. The molecule has 1 aliphatic heterocycles. The van der Waals surface area contributed by atoms with Crippen molar-refractivity contribution in [1.29, 1.82) is 0 Å². The normalized spacial score (nSPS) is 23.4. The molecule has 0 aliphatic carbocycles. The van der Waals surface area contributed by atoms with Crippen molar-refractivity contribution in [1.82, 2.24) is 53.2 Å². The Morgan fingerprint density at radius 1 is 0.603 bits per heavy atom. The molecule has 22 N–H and O–H groups in total. The predicted octanol–water partition coefficient (Wildman–Crippen LogP) is -7.40. The lowest BCUT2D eigenvalue weighted by Gasteiger charge is -2.29. The molecule has 1 aliphatic rings. The number of hydrogen-bond donors (Lipinski definition) is 17. The van der Waals surface area contributed by atoms with Crippen molar-refractivity contribution < 1.29 is 67.7 Å². The van der Waals surface area contributed by atoms with Gasteiger partial charge in [-0.3, -0.25) is 52.7 Å². The van der Waals surface area contributed by atoms with E-state index in [2.05, 4.69) is 53.2 Å². The molecule has 1 saturated heterocycles. The standard InChI is InChI=1S/C49H83N15O14/c1-25(2)23-35-45(73)58-30(11-17-50)40(68)57-33(14-20-53)44(72)63-38(26(3)65)48(76)55-22-16-34(43(71)56-31(12-18-51)42(70)62-36(46(74)61-35)24-29-9-7-6-8-10-29)59-41(69)32(13-19-52)60-49(77)39(27(4)66)64-47(75)37(15-21-54)78-28(5)67/h6-10,25-27,30-39,65-66H,11-24,50-54H2,1-5H3,(H,55,76)(H,56,71)(H,57,68)(H,58,73)(H,59,69)(H,60,77)(H,61,74)(H,62,70)(H,63,72)(H,64,75)/t26?,27?,30-,31-,32-,33-,34-,35-,36+,37-,38-,39-/m0/s1. The molecule has 2 unspecified atom stereocenters. The average Bonchev–Trinajstić information content (AvgIpc) is 3.37. The molecule has 1 aromatic rings. The Labute approximate surface area is 453 Å². The summed E-state index contributed by atoms with van der Waals surface area (Å²) in [6.45, 7) is 5.70. The fourth-order valence-electron chi connectivity index (χ4n) is 8.02. The molecule has 1 heterocycles. The second kappa shape index (κ2) is 34.8. The van der Waals surface area contributed by atoms with Gasteiger partial charge in [0.25, 0.3) is 5.91 Å². The summed E-state index contributed by atoms with van der Waals surface area (Å²) in [6, 6.07) is -5.14. The molecule has 29 heteroatoms. The Kier molecular flexibility index (Phi) is 30.0. The number of esters is 1. The molecule has 1 fully saturated rings. The van der Waals surface area contributed by atoms with E-state index in [1.807, 2.05) is 0 Å². The number of nitrogens with two attached hydrogens (primary N) is 5. The van der Waals surface area contributed by atoms with Crippen LogP contribution in [0.4, 0.5) is 0 Å². The Morgan fingerprint density at radius 2 is 1.09 bits per heavy atom. The summed E-state index contributed by atoms with van der Waals surface area (Å²) in [5.74, 6) is -10.6. The van der Waals surface area contributed by atoms with Crippen LogP contribution in [0.2, 0.25) is 0 Å². The largest absolute Gasteiger partial charge is 0.452 e. The van der Waals surface area contributed by atoms with Gasteiger partial charge in [0.1, 0.15) is 54.4 Å². The van der Waals surface area contributed by atoms with Crippen molar-refractivity contribution in [2.45, 2.75) is 159 Å². The van der Waals surface area contributed by atoms with E-state index >= 15 is 0 Å². The van der Waals surface area contributed by atoms with Gasteiger partial charge >= 0.3 is 5.97 Å². The molecule has 78 heavy (non-hydrogen) atoms. The van der Waals surface area contributed by atoms with Gasteiger partial charge in [0.05, 0.1) is 12.2 Å². The van der Waals surface area contributed by atoms with Gasteiger partial charge in [-0.1, -0.05) is 44.2 Å². The summed E-state index contributed by atoms with van der Waals surface area (Å²) in [6.07, 6.45) is -6.12. The van der Waals surface area contributed by atoms with Gasteiger partial charge in [0.15, 0.2) is 6.10 Å². The summed E-state index contributed by atoms with van der Waals surface area (Å²) in [4.78, 5) is 151. The van der Waals surface area contributed by atoms with Crippen molar-refractivity contribution in [2.24, 2.45) is 34.6 Å². The fourth-order valence-corrected chi connectivity index (χ4v) is 8.02. The van der Waals surface area contributed by atoms with Crippen molar-refractivity contribution in [3.63, 3.8) is 0 Å². The summed E-state index contributed by atoms with van der Waals surface area (Å²) in [5, 5.41) is 46.4. The molecule has 0 saturated carbocycles. The number of rotatable bonds is 23. The van der Waals surface area contributed by atoms with Crippen LogP contribution in [-0.4, -0.2) is 187 Å². The molecule has 0 spiro atoms. The van der Waals surface area contributed by atoms with Crippen molar-refractivity contribution in [3.8, 4) is 0 Å². The third-order valence-corrected chi connectivity index (χ3v) is 12.1. The predicted molar refractivity (Wildman–Crippen MR) is 282 cm³/mol. The third kappa shape index (κ3) is 23.0. The highest BCUT2D eigenvalue weighted by atomic mass is 16.5. The molecule has 12 atom stereocenters. The quantitative estimate of drug-likeness (QED) is 0.0453. The topological polar surface area (TPSA) is 488 Å². The maximum atomic E-state index is 14.4. The summed E-state index contributed by atoms with van der Waals surface area (Å²) in [5.41, 5.74) is 29.6.